The van der Waals surface area contributed by atoms with E-state index in [0.717, 1.165) is 10.5 Å². The third-order valence-electron chi connectivity index (χ3n) is 4.09. The first-order chi connectivity index (χ1) is 13.8. The molecule has 8 heteroatoms. The number of benzene rings is 2. The molecule has 0 saturated carbocycles. The second-order valence-electron chi connectivity index (χ2n) is 6.07. The van der Waals surface area contributed by atoms with Crippen LogP contribution in [0.15, 0.2) is 46.4 Å². The van der Waals surface area contributed by atoms with Crippen molar-refractivity contribution >= 4 is 57.1 Å². The van der Waals surface area contributed by atoms with Gasteiger partial charge in [0.25, 0.3) is 11.8 Å². The third-order valence-corrected chi connectivity index (χ3v) is 5.12. The Hall–Kier alpha value is -3.08. The summed E-state index contributed by atoms with van der Waals surface area (Å²) in [4.78, 5) is 38.3. The highest BCUT2D eigenvalue weighted by molar-refractivity contribution is 9.10. The summed E-state index contributed by atoms with van der Waals surface area (Å²) in [5, 5.41) is 2.57. The van der Waals surface area contributed by atoms with Crippen LogP contribution in [0.5, 0.6) is 5.75 Å². The molecule has 1 fully saturated rings. The van der Waals surface area contributed by atoms with Gasteiger partial charge in [0.15, 0.2) is 0 Å². The first-order valence-electron chi connectivity index (χ1n) is 8.35. The van der Waals surface area contributed by atoms with Crippen LogP contribution in [0.25, 0.3) is 6.08 Å². The van der Waals surface area contributed by atoms with Crippen LogP contribution in [0.4, 0.5) is 10.5 Å². The summed E-state index contributed by atoms with van der Waals surface area (Å²) in [6.45, 7) is 1.91. The highest BCUT2D eigenvalue weighted by Crippen LogP contribution is 2.29. The van der Waals surface area contributed by atoms with Gasteiger partial charge < -0.3 is 4.74 Å². The predicted octanol–water partition coefficient (Wildman–Crippen LogP) is 4.09. The fraction of sp³-hybridized carbons (Fsp3) is 0.0952. The fourth-order valence-corrected chi connectivity index (χ4v) is 3.31. The zero-order valence-electron chi connectivity index (χ0n) is 15.2. The van der Waals surface area contributed by atoms with E-state index in [0.29, 0.717) is 20.8 Å². The Balaban J connectivity index is 1.96. The lowest BCUT2D eigenvalue weighted by Crippen LogP contribution is -2.54. The molecule has 0 bridgehead atoms. The molecule has 0 aliphatic carbocycles. The van der Waals surface area contributed by atoms with E-state index in [-0.39, 0.29) is 17.9 Å². The Morgan fingerprint density at radius 2 is 2.00 bits per heavy atom. The van der Waals surface area contributed by atoms with Gasteiger partial charge in [-0.05, 0) is 64.3 Å². The fourth-order valence-electron chi connectivity index (χ4n) is 2.62. The molecule has 4 amide bonds. The van der Waals surface area contributed by atoms with E-state index in [2.05, 4.69) is 27.2 Å². The summed E-state index contributed by atoms with van der Waals surface area (Å²) in [5.41, 5.74) is 1.43. The van der Waals surface area contributed by atoms with Crippen molar-refractivity contribution in [2.24, 2.45) is 0 Å². The summed E-state index contributed by atoms with van der Waals surface area (Å²) in [6.07, 6.45) is 6.57. The molecule has 0 radical (unpaired) electrons. The van der Waals surface area contributed by atoms with Crippen molar-refractivity contribution in [2.75, 3.05) is 11.5 Å². The molecule has 29 heavy (non-hydrogen) atoms. The monoisotopic (exact) mass is 472 g/mol. The normalized spacial score (nSPS) is 15.3. The van der Waals surface area contributed by atoms with E-state index in [1.807, 2.05) is 0 Å². The molecule has 0 atom stereocenters. The number of anilines is 1. The molecule has 2 aromatic rings. The average Bonchev–Trinajstić information content (AvgIpc) is 2.67. The number of carbonyl (C=O) groups excluding carboxylic acids is 3. The minimum absolute atomic E-state index is 0.107. The van der Waals surface area contributed by atoms with Gasteiger partial charge in [0.1, 0.15) is 17.9 Å². The largest absolute Gasteiger partial charge is 0.480 e. The van der Waals surface area contributed by atoms with Crippen molar-refractivity contribution in [1.82, 2.24) is 5.32 Å². The standard InChI is InChI=1S/C21H14BrClN2O4/c1-3-8-29-18-7-5-13(10-16(18)22)9-15-19(26)24-21(28)25(20(15)27)14-6-4-12(2)17(23)11-14/h1,4-7,9-11H,8H2,2H3,(H,24,26,28). The topological polar surface area (TPSA) is 75.7 Å². The Morgan fingerprint density at radius 1 is 1.24 bits per heavy atom. The van der Waals surface area contributed by atoms with Gasteiger partial charge in [-0.3, -0.25) is 14.9 Å². The second-order valence-corrected chi connectivity index (χ2v) is 7.34. The van der Waals surface area contributed by atoms with E-state index in [4.69, 9.17) is 22.8 Å². The Kier molecular flexibility index (Phi) is 6.06. The van der Waals surface area contributed by atoms with Crippen LogP contribution < -0.4 is 15.0 Å². The van der Waals surface area contributed by atoms with Crippen LogP contribution >= 0.6 is 27.5 Å². The zero-order chi connectivity index (χ0) is 21.1. The number of terminal acetylenes is 1. The van der Waals surface area contributed by atoms with Crippen molar-refractivity contribution in [2.45, 2.75) is 6.92 Å². The van der Waals surface area contributed by atoms with Gasteiger partial charge in [0.05, 0.1) is 10.2 Å². The van der Waals surface area contributed by atoms with Crippen molar-refractivity contribution in [1.29, 1.82) is 0 Å². The van der Waals surface area contributed by atoms with E-state index in [9.17, 15) is 14.4 Å². The number of aryl methyl sites for hydroxylation is 1. The number of carbonyl (C=O) groups is 3. The summed E-state index contributed by atoms with van der Waals surface area (Å²) < 4.78 is 5.97. The van der Waals surface area contributed by atoms with Crippen LogP contribution in [0, 0.1) is 19.3 Å². The van der Waals surface area contributed by atoms with Gasteiger partial charge in [0, 0.05) is 5.02 Å². The van der Waals surface area contributed by atoms with Crippen LogP contribution in [0.2, 0.25) is 5.02 Å². The smallest absolute Gasteiger partial charge is 0.335 e. The number of ether oxygens (including phenoxy) is 1. The number of rotatable bonds is 4. The molecule has 1 saturated heterocycles. The lowest BCUT2D eigenvalue weighted by atomic mass is 10.1. The molecular formula is C21H14BrClN2O4. The minimum Gasteiger partial charge on any atom is -0.480 e. The molecule has 3 rings (SSSR count). The number of nitrogens with zero attached hydrogens (tertiary/aromatic N) is 1. The highest BCUT2D eigenvalue weighted by Gasteiger charge is 2.37. The van der Waals surface area contributed by atoms with Gasteiger partial charge in [-0.25, -0.2) is 9.69 Å². The van der Waals surface area contributed by atoms with E-state index in [1.165, 1.54) is 12.1 Å². The van der Waals surface area contributed by atoms with Crippen LogP contribution in [0.3, 0.4) is 0 Å². The molecule has 1 heterocycles. The van der Waals surface area contributed by atoms with Crippen molar-refractivity contribution in [3.63, 3.8) is 0 Å². The highest BCUT2D eigenvalue weighted by atomic mass is 79.9. The molecule has 1 aliphatic heterocycles. The number of hydrogen-bond donors (Lipinski definition) is 1. The molecule has 1 N–H and O–H groups in total. The summed E-state index contributed by atoms with van der Waals surface area (Å²) in [7, 11) is 0. The first-order valence-corrected chi connectivity index (χ1v) is 9.52. The summed E-state index contributed by atoms with van der Waals surface area (Å²) in [5.74, 6) is 1.36. The molecule has 0 unspecified atom stereocenters. The molecule has 2 aromatic carbocycles. The number of amides is 4. The van der Waals surface area contributed by atoms with Crippen molar-refractivity contribution < 1.29 is 19.1 Å². The van der Waals surface area contributed by atoms with E-state index >= 15 is 0 Å². The van der Waals surface area contributed by atoms with Gasteiger partial charge in [-0.1, -0.05) is 29.7 Å². The number of nitrogens with one attached hydrogen (secondary N) is 1. The molecular weight excluding hydrogens is 460 g/mol. The van der Waals surface area contributed by atoms with Crippen molar-refractivity contribution in [3.05, 3.63) is 62.6 Å². The van der Waals surface area contributed by atoms with Gasteiger partial charge in [-0.2, -0.15) is 0 Å². The maximum Gasteiger partial charge on any atom is 0.335 e. The zero-order valence-corrected chi connectivity index (χ0v) is 17.5. The summed E-state index contributed by atoms with van der Waals surface area (Å²) in [6, 6.07) is 8.91. The molecule has 1 aliphatic rings. The lowest BCUT2D eigenvalue weighted by molar-refractivity contribution is -0.122. The average molecular weight is 474 g/mol. The van der Waals surface area contributed by atoms with Crippen LogP contribution in [-0.2, 0) is 9.59 Å². The van der Waals surface area contributed by atoms with Gasteiger partial charge >= 0.3 is 6.03 Å². The molecule has 146 valence electrons. The summed E-state index contributed by atoms with van der Waals surface area (Å²) >= 11 is 9.47. The second kappa shape index (κ2) is 8.52. The maximum absolute atomic E-state index is 12.9. The van der Waals surface area contributed by atoms with E-state index in [1.54, 1.807) is 37.3 Å². The number of hydrogen-bond acceptors (Lipinski definition) is 4. The maximum atomic E-state index is 12.9. The quantitative estimate of drug-likeness (QED) is 0.412. The lowest BCUT2D eigenvalue weighted by Gasteiger charge is -2.26. The van der Waals surface area contributed by atoms with Gasteiger partial charge in [0.2, 0.25) is 0 Å². The Morgan fingerprint density at radius 3 is 2.66 bits per heavy atom. The molecule has 0 spiro atoms. The van der Waals surface area contributed by atoms with Crippen LogP contribution in [0.1, 0.15) is 11.1 Å². The van der Waals surface area contributed by atoms with Gasteiger partial charge in [-0.15, -0.1) is 6.42 Å². The third kappa shape index (κ3) is 4.34. The number of barbiturate groups is 1. The predicted molar refractivity (Wildman–Crippen MR) is 114 cm³/mol. The van der Waals surface area contributed by atoms with E-state index < -0.39 is 17.8 Å². The Bertz CT molecular complexity index is 1100. The minimum atomic E-state index is -0.837. The number of halogens is 2. The first kappa shape index (κ1) is 20.6. The molecule has 0 aromatic heterocycles. The SMILES string of the molecule is C#CCOc1ccc(C=C2C(=O)NC(=O)N(c3ccc(C)c(Cl)c3)C2=O)cc1Br. The van der Waals surface area contributed by atoms with Crippen LogP contribution in [-0.4, -0.2) is 24.5 Å². The number of urea groups is 1. The Labute approximate surface area is 180 Å². The van der Waals surface area contributed by atoms with Crippen molar-refractivity contribution in [3.8, 4) is 18.1 Å². The number of imide groups is 2. The molecule has 6 nitrogen and oxygen atoms in total.